The Hall–Kier alpha value is -2.37. The standard InChI is InChI=1S/C16H21NO5/c1-16(2,3)22-15(20)17-12(10-13(18)21-4)14(19)11-8-6-5-7-9-11/h5-9,12H,10H2,1-4H3,(H,17,20). The number of ether oxygens (including phenoxy) is 2. The molecule has 0 heterocycles. The van der Waals surface area contributed by atoms with E-state index in [4.69, 9.17) is 4.74 Å². The van der Waals surface area contributed by atoms with Crippen molar-refractivity contribution in [2.75, 3.05) is 7.11 Å². The first kappa shape index (κ1) is 17.7. The lowest BCUT2D eigenvalue weighted by molar-refractivity contribution is -0.140. The summed E-state index contributed by atoms with van der Waals surface area (Å²) < 4.78 is 9.68. The number of rotatable bonds is 5. The molecule has 120 valence electrons. The van der Waals surface area contributed by atoms with Gasteiger partial charge in [-0.25, -0.2) is 4.79 Å². The zero-order valence-corrected chi connectivity index (χ0v) is 13.2. The number of hydrogen-bond donors (Lipinski definition) is 1. The van der Waals surface area contributed by atoms with E-state index >= 15 is 0 Å². The second-order valence-electron chi connectivity index (χ2n) is 5.71. The van der Waals surface area contributed by atoms with Gasteiger partial charge in [0.2, 0.25) is 0 Å². The molecule has 1 unspecified atom stereocenters. The average Bonchev–Trinajstić information content (AvgIpc) is 2.44. The van der Waals surface area contributed by atoms with E-state index in [0.29, 0.717) is 5.56 Å². The number of esters is 1. The van der Waals surface area contributed by atoms with Crippen LogP contribution in [0, 0.1) is 0 Å². The summed E-state index contributed by atoms with van der Waals surface area (Å²) in [6, 6.07) is 7.37. The van der Waals surface area contributed by atoms with E-state index in [9.17, 15) is 14.4 Å². The smallest absolute Gasteiger partial charge is 0.408 e. The summed E-state index contributed by atoms with van der Waals surface area (Å²) in [7, 11) is 1.22. The minimum atomic E-state index is -1.04. The predicted octanol–water partition coefficient (Wildman–Crippen LogP) is 2.33. The minimum absolute atomic E-state index is 0.260. The first-order valence-electron chi connectivity index (χ1n) is 6.88. The van der Waals surface area contributed by atoms with Gasteiger partial charge in [-0.3, -0.25) is 9.59 Å². The Labute approximate surface area is 129 Å². The summed E-state index contributed by atoms with van der Waals surface area (Å²) in [6.07, 6.45) is -1.02. The predicted molar refractivity (Wildman–Crippen MR) is 80.6 cm³/mol. The summed E-state index contributed by atoms with van der Waals surface area (Å²) in [5.41, 5.74) is -0.303. The van der Waals surface area contributed by atoms with Crippen LogP contribution >= 0.6 is 0 Å². The van der Waals surface area contributed by atoms with Gasteiger partial charge < -0.3 is 14.8 Å². The van der Waals surface area contributed by atoms with E-state index in [1.54, 1.807) is 51.1 Å². The number of carbonyl (C=O) groups excluding carboxylic acids is 3. The Morgan fingerprint density at radius 2 is 1.73 bits per heavy atom. The first-order chi connectivity index (χ1) is 10.2. The second kappa shape index (κ2) is 7.59. The van der Waals surface area contributed by atoms with E-state index in [2.05, 4.69) is 10.1 Å². The number of alkyl carbamates (subject to hydrolysis) is 1. The van der Waals surface area contributed by atoms with Crippen molar-refractivity contribution in [1.29, 1.82) is 0 Å². The molecule has 1 aromatic carbocycles. The Bertz CT molecular complexity index is 533. The summed E-state index contributed by atoms with van der Waals surface area (Å²) in [5.74, 6) is -0.970. The highest BCUT2D eigenvalue weighted by molar-refractivity contribution is 6.03. The van der Waals surface area contributed by atoms with E-state index < -0.39 is 23.7 Å². The van der Waals surface area contributed by atoms with Gasteiger partial charge >= 0.3 is 12.1 Å². The zero-order valence-electron chi connectivity index (χ0n) is 13.2. The number of Topliss-reactive ketones (excluding diaryl/α,β-unsaturated/α-hetero) is 1. The molecule has 1 rings (SSSR count). The number of ketones is 1. The van der Waals surface area contributed by atoms with Crippen LogP contribution in [0.25, 0.3) is 0 Å². The van der Waals surface area contributed by atoms with E-state index in [1.807, 2.05) is 0 Å². The molecule has 1 atom stereocenters. The Morgan fingerprint density at radius 1 is 1.14 bits per heavy atom. The Kier molecular flexibility index (Phi) is 6.10. The van der Waals surface area contributed by atoms with Crippen LogP contribution in [0.5, 0.6) is 0 Å². The van der Waals surface area contributed by atoms with Crippen LogP contribution < -0.4 is 5.32 Å². The van der Waals surface area contributed by atoms with Crippen LogP contribution in [0.1, 0.15) is 37.6 Å². The van der Waals surface area contributed by atoms with Gasteiger partial charge in [-0.05, 0) is 20.8 Å². The van der Waals surface area contributed by atoms with Gasteiger partial charge in [0.05, 0.1) is 13.5 Å². The van der Waals surface area contributed by atoms with E-state index in [0.717, 1.165) is 0 Å². The molecule has 0 saturated carbocycles. The number of amides is 1. The van der Waals surface area contributed by atoms with Gasteiger partial charge in [-0.1, -0.05) is 30.3 Å². The maximum absolute atomic E-state index is 12.4. The van der Waals surface area contributed by atoms with Gasteiger partial charge in [0, 0.05) is 5.56 Å². The fourth-order valence-electron chi connectivity index (χ4n) is 1.71. The van der Waals surface area contributed by atoms with Crippen LogP contribution in [0.3, 0.4) is 0 Å². The maximum Gasteiger partial charge on any atom is 0.408 e. The molecule has 0 saturated heterocycles. The third kappa shape index (κ3) is 5.95. The number of nitrogens with one attached hydrogen (secondary N) is 1. The second-order valence-corrected chi connectivity index (χ2v) is 5.71. The third-order valence-corrected chi connectivity index (χ3v) is 2.66. The summed E-state index contributed by atoms with van der Waals surface area (Å²) in [6.45, 7) is 5.13. The molecule has 6 heteroatoms. The normalized spacial score (nSPS) is 12.2. The van der Waals surface area contributed by atoms with E-state index in [-0.39, 0.29) is 12.2 Å². The monoisotopic (exact) mass is 307 g/mol. The molecule has 0 bridgehead atoms. The van der Waals surface area contributed by atoms with Crippen LogP contribution in [0.2, 0.25) is 0 Å². The molecule has 1 N–H and O–H groups in total. The topological polar surface area (TPSA) is 81.7 Å². The van der Waals surface area contributed by atoms with Crippen LogP contribution in [0.4, 0.5) is 4.79 Å². The molecule has 0 aliphatic carbocycles. The lowest BCUT2D eigenvalue weighted by atomic mass is 10.0. The molecule has 0 radical (unpaired) electrons. The van der Waals surface area contributed by atoms with Crippen molar-refractivity contribution < 1.29 is 23.9 Å². The van der Waals surface area contributed by atoms with Crippen molar-refractivity contribution in [3.63, 3.8) is 0 Å². The highest BCUT2D eigenvalue weighted by Crippen LogP contribution is 2.10. The van der Waals surface area contributed by atoms with Crippen molar-refractivity contribution in [2.45, 2.75) is 38.8 Å². The molecular formula is C16H21NO5. The fourth-order valence-corrected chi connectivity index (χ4v) is 1.71. The molecule has 22 heavy (non-hydrogen) atoms. The fraction of sp³-hybridized carbons (Fsp3) is 0.438. The largest absolute Gasteiger partial charge is 0.469 e. The van der Waals surface area contributed by atoms with Crippen LogP contribution in [-0.4, -0.2) is 36.6 Å². The molecule has 6 nitrogen and oxygen atoms in total. The number of carbonyl (C=O) groups is 3. The molecule has 0 fully saturated rings. The summed E-state index contributed by atoms with van der Waals surface area (Å²) in [5, 5.41) is 2.43. The molecule has 0 spiro atoms. The SMILES string of the molecule is COC(=O)CC(NC(=O)OC(C)(C)C)C(=O)c1ccccc1. The number of benzene rings is 1. The molecule has 0 aromatic heterocycles. The number of hydrogen-bond acceptors (Lipinski definition) is 5. The molecular weight excluding hydrogens is 286 g/mol. The lowest BCUT2D eigenvalue weighted by Gasteiger charge is -2.22. The third-order valence-electron chi connectivity index (χ3n) is 2.66. The zero-order chi connectivity index (χ0) is 16.8. The highest BCUT2D eigenvalue weighted by atomic mass is 16.6. The molecule has 0 aliphatic heterocycles. The first-order valence-corrected chi connectivity index (χ1v) is 6.88. The molecule has 1 amide bonds. The van der Waals surface area contributed by atoms with Crippen LogP contribution in [-0.2, 0) is 14.3 Å². The Balaban J connectivity index is 2.86. The van der Waals surface area contributed by atoms with Gasteiger partial charge in [0.25, 0.3) is 0 Å². The quantitative estimate of drug-likeness (QED) is 0.667. The number of methoxy groups -OCH3 is 1. The summed E-state index contributed by atoms with van der Waals surface area (Å²) in [4.78, 5) is 35.7. The van der Waals surface area contributed by atoms with Gasteiger partial charge in [0.15, 0.2) is 5.78 Å². The van der Waals surface area contributed by atoms with Crippen molar-refractivity contribution in [3.05, 3.63) is 35.9 Å². The minimum Gasteiger partial charge on any atom is -0.469 e. The van der Waals surface area contributed by atoms with Gasteiger partial charge in [-0.15, -0.1) is 0 Å². The lowest BCUT2D eigenvalue weighted by Crippen LogP contribution is -2.44. The van der Waals surface area contributed by atoms with Crippen molar-refractivity contribution in [1.82, 2.24) is 5.32 Å². The van der Waals surface area contributed by atoms with Gasteiger partial charge in [-0.2, -0.15) is 0 Å². The van der Waals surface area contributed by atoms with Crippen molar-refractivity contribution >= 4 is 17.8 Å². The van der Waals surface area contributed by atoms with Crippen LogP contribution in [0.15, 0.2) is 30.3 Å². The maximum atomic E-state index is 12.4. The molecule has 0 aliphatic rings. The van der Waals surface area contributed by atoms with Gasteiger partial charge in [0.1, 0.15) is 11.6 Å². The average molecular weight is 307 g/mol. The van der Waals surface area contributed by atoms with Crippen molar-refractivity contribution in [3.8, 4) is 0 Å². The molecule has 1 aromatic rings. The highest BCUT2D eigenvalue weighted by Gasteiger charge is 2.27. The Morgan fingerprint density at radius 3 is 2.23 bits per heavy atom. The van der Waals surface area contributed by atoms with E-state index in [1.165, 1.54) is 7.11 Å². The van der Waals surface area contributed by atoms with Crippen molar-refractivity contribution in [2.24, 2.45) is 0 Å². The summed E-state index contributed by atoms with van der Waals surface area (Å²) >= 11 is 0.